The van der Waals surface area contributed by atoms with Crippen molar-refractivity contribution in [2.45, 2.75) is 26.8 Å². The number of hydrogen-bond donors (Lipinski definition) is 2. The third-order valence-electron chi connectivity index (χ3n) is 6.05. The summed E-state index contributed by atoms with van der Waals surface area (Å²) in [5.41, 5.74) is 8.85. The molecule has 0 saturated heterocycles. The fourth-order valence-electron chi connectivity index (χ4n) is 4.07. The van der Waals surface area contributed by atoms with Crippen LogP contribution >= 0.6 is 0 Å². The van der Waals surface area contributed by atoms with Crippen LogP contribution < -0.4 is 15.8 Å². The number of nitrogens with two attached hydrogens (primary N) is 1. The average molecular weight is 473 g/mol. The van der Waals surface area contributed by atoms with Gasteiger partial charge in [0.2, 0.25) is 5.91 Å². The number of anilines is 1. The number of rotatable bonds is 11. The number of ether oxygens (including phenoxy) is 1. The second kappa shape index (κ2) is 11.5. The van der Waals surface area contributed by atoms with Crippen LogP contribution in [0.5, 0.6) is 11.5 Å². The molecule has 2 aromatic heterocycles. The summed E-state index contributed by atoms with van der Waals surface area (Å²) >= 11 is 0. The first-order chi connectivity index (χ1) is 17.1. The lowest BCUT2D eigenvalue weighted by Gasteiger charge is -2.17. The largest absolute Gasteiger partial charge is 0.457 e. The third-order valence-corrected chi connectivity index (χ3v) is 6.05. The zero-order chi connectivity index (χ0) is 24.6. The van der Waals surface area contributed by atoms with Gasteiger partial charge in [0, 0.05) is 37.8 Å². The molecule has 35 heavy (non-hydrogen) atoms. The van der Waals surface area contributed by atoms with E-state index in [9.17, 15) is 4.79 Å². The Kier molecular flexibility index (Phi) is 7.95. The number of carbonyl (C=O) groups is 1. The van der Waals surface area contributed by atoms with Crippen molar-refractivity contribution in [2.75, 3.05) is 31.9 Å². The molecule has 4 aromatic rings. The third kappa shape index (κ3) is 5.96. The highest BCUT2D eigenvalue weighted by Gasteiger charge is 2.16. The van der Waals surface area contributed by atoms with Gasteiger partial charge >= 0.3 is 0 Å². The van der Waals surface area contributed by atoms with E-state index in [1.54, 1.807) is 0 Å². The lowest BCUT2D eigenvalue weighted by Crippen LogP contribution is -2.35. The molecule has 0 bridgehead atoms. The van der Waals surface area contributed by atoms with Gasteiger partial charge in [-0.25, -0.2) is 9.97 Å². The zero-order valence-electron chi connectivity index (χ0n) is 20.3. The molecule has 0 unspecified atom stereocenters. The van der Waals surface area contributed by atoms with Crippen molar-refractivity contribution in [3.63, 3.8) is 0 Å². The van der Waals surface area contributed by atoms with Crippen LogP contribution in [0.2, 0.25) is 0 Å². The molecule has 182 valence electrons. The fourth-order valence-corrected chi connectivity index (χ4v) is 4.07. The van der Waals surface area contributed by atoms with Crippen LogP contribution in [0.25, 0.3) is 22.2 Å². The Bertz CT molecular complexity index is 1250. The molecule has 0 aliphatic carbocycles. The Labute approximate surface area is 205 Å². The maximum absolute atomic E-state index is 12.4. The Hall–Kier alpha value is -3.91. The van der Waals surface area contributed by atoms with E-state index in [1.807, 2.05) is 65.4 Å². The Morgan fingerprint density at radius 3 is 2.46 bits per heavy atom. The lowest BCUT2D eigenvalue weighted by molar-refractivity contribution is -0.121. The van der Waals surface area contributed by atoms with Crippen molar-refractivity contribution >= 4 is 22.8 Å². The van der Waals surface area contributed by atoms with Gasteiger partial charge in [-0.15, -0.1) is 0 Å². The van der Waals surface area contributed by atoms with Crippen LogP contribution in [0, 0.1) is 0 Å². The number of amides is 1. The first kappa shape index (κ1) is 24.2. The number of nitrogen functional groups attached to an aromatic ring is 1. The van der Waals surface area contributed by atoms with Crippen molar-refractivity contribution in [1.29, 1.82) is 0 Å². The van der Waals surface area contributed by atoms with Gasteiger partial charge < -0.3 is 25.3 Å². The van der Waals surface area contributed by atoms with Gasteiger partial charge in [-0.2, -0.15) is 0 Å². The Morgan fingerprint density at radius 1 is 1.03 bits per heavy atom. The van der Waals surface area contributed by atoms with Gasteiger partial charge in [0.1, 0.15) is 29.3 Å². The molecular formula is C27H32N6O2. The molecule has 0 saturated carbocycles. The number of nitrogens with one attached hydrogen (secondary N) is 1. The second-order valence-corrected chi connectivity index (χ2v) is 8.26. The van der Waals surface area contributed by atoms with Gasteiger partial charge in [0.05, 0.1) is 5.39 Å². The van der Waals surface area contributed by atoms with Crippen LogP contribution in [-0.4, -0.2) is 51.5 Å². The quantitative estimate of drug-likeness (QED) is 0.337. The second-order valence-electron chi connectivity index (χ2n) is 8.26. The van der Waals surface area contributed by atoms with Crippen molar-refractivity contribution in [3.8, 4) is 22.6 Å². The highest BCUT2D eigenvalue weighted by atomic mass is 16.5. The van der Waals surface area contributed by atoms with Crippen LogP contribution in [0.4, 0.5) is 5.82 Å². The van der Waals surface area contributed by atoms with Crippen LogP contribution in [0.15, 0.2) is 67.1 Å². The zero-order valence-corrected chi connectivity index (χ0v) is 20.3. The molecule has 8 nitrogen and oxygen atoms in total. The van der Waals surface area contributed by atoms with Crippen molar-refractivity contribution in [3.05, 3.63) is 67.1 Å². The average Bonchev–Trinajstić information content (AvgIpc) is 3.26. The number of hydrogen-bond acceptors (Lipinski definition) is 6. The number of benzene rings is 2. The van der Waals surface area contributed by atoms with Crippen LogP contribution in [0.3, 0.4) is 0 Å². The highest BCUT2D eigenvalue weighted by Crippen LogP contribution is 2.34. The van der Waals surface area contributed by atoms with Gasteiger partial charge in [-0.05, 0) is 42.9 Å². The summed E-state index contributed by atoms with van der Waals surface area (Å²) in [6, 6.07) is 17.5. The number of fused-ring (bicyclic) bond motifs is 1. The number of likely N-dealkylation sites (N-methyl/N-ethyl adjacent to an activating group) is 1. The van der Waals surface area contributed by atoms with E-state index < -0.39 is 0 Å². The van der Waals surface area contributed by atoms with Crippen molar-refractivity contribution in [2.24, 2.45) is 0 Å². The molecule has 1 amide bonds. The van der Waals surface area contributed by atoms with E-state index >= 15 is 0 Å². The SMILES string of the molecule is CCN(CC)CCNC(=O)CCn1cc(-c2ccc(Oc3ccccc3)cc2)c2c(N)ncnc21. The molecule has 4 rings (SSSR count). The number of carbonyl (C=O) groups excluding carboxylic acids is 1. The predicted octanol–water partition coefficient (Wildman–Crippen LogP) is 4.32. The predicted molar refractivity (Wildman–Crippen MR) is 139 cm³/mol. The van der Waals surface area contributed by atoms with E-state index in [-0.39, 0.29) is 5.91 Å². The molecule has 2 aromatic carbocycles. The van der Waals surface area contributed by atoms with Gasteiger partial charge in [0.15, 0.2) is 0 Å². The molecule has 8 heteroatoms. The molecule has 2 heterocycles. The molecule has 0 aliphatic rings. The first-order valence-electron chi connectivity index (χ1n) is 12.0. The van der Waals surface area contributed by atoms with E-state index in [2.05, 4.69) is 34.0 Å². The molecule has 0 radical (unpaired) electrons. The topological polar surface area (TPSA) is 98.3 Å². The molecular weight excluding hydrogens is 440 g/mol. The Balaban J connectivity index is 1.48. The normalized spacial score (nSPS) is 11.2. The van der Waals surface area contributed by atoms with E-state index in [1.165, 1.54) is 6.33 Å². The molecule has 0 aliphatic heterocycles. The van der Waals surface area contributed by atoms with E-state index in [0.29, 0.717) is 31.0 Å². The summed E-state index contributed by atoms with van der Waals surface area (Å²) < 4.78 is 7.88. The Morgan fingerprint density at radius 2 is 1.74 bits per heavy atom. The summed E-state index contributed by atoms with van der Waals surface area (Å²) in [6.07, 6.45) is 3.81. The van der Waals surface area contributed by atoms with E-state index in [0.717, 1.165) is 47.6 Å². The fraction of sp³-hybridized carbons (Fsp3) is 0.296. The minimum atomic E-state index is 0.0185. The van der Waals surface area contributed by atoms with Crippen LogP contribution in [-0.2, 0) is 11.3 Å². The molecule has 3 N–H and O–H groups in total. The van der Waals surface area contributed by atoms with Crippen molar-refractivity contribution in [1.82, 2.24) is 24.8 Å². The van der Waals surface area contributed by atoms with E-state index in [4.69, 9.17) is 10.5 Å². The van der Waals surface area contributed by atoms with Gasteiger partial charge in [-0.1, -0.05) is 44.2 Å². The monoisotopic (exact) mass is 472 g/mol. The maximum Gasteiger partial charge on any atom is 0.221 e. The standard InChI is InChI=1S/C27H32N6O2/c1-3-32(4-2)17-15-29-24(34)14-16-33-18-23(25-26(28)30-19-31-27(25)33)20-10-12-22(13-11-20)35-21-8-6-5-7-9-21/h5-13,18-19H,3-4,14-17H2,1-2H3,(H,29,34)(H2,28,30,31). The van der Waals surface area contributed by atoms with Gasteiger partial charge in [0.25, 0.3) is 0 Å². The minimum absolute atomic E-state index is 0.0185. The molecule has 0 spiro atoms. The molecule has 0 atom stereocenters. The highest BCUT2D eigenvalue weighted by molar-refractivity contribution is 6.00. The number of aryl methyl sites for hydroxylation is 1. The van der Waals surface area contributed by atoms with Gasteiger partial charge in [-0.3, -0.25) is 4.79 Å². The maximum atomic E-state index is 12.4. The lowest BCUT2D eigenvalue weighted by atomic mass is 10.1. The summed E-state index contributed by atoms with van der Waals surface area (Å²) in [5.74, 6) is 1.96. The number of nitrogens with zero attached hydrogens (tertiary/aromatic N) is 4. The minimum Gasteiger partial charge on any atom is -0.457 e. The summed E-state index contributed by atoms with van der Waals surface area (Å²) in [4.78, 5) is 23.4. The molecule has 0 fully saturated rings. The number of para-hydroxylation sites is 1. The number of aromatic nitrogens is 3. The summed E-state index contributed by atoms with van der Waals surface area (Å²) in [6.45, 7) is 8.19. The van der Waals surface area contributed by atoms with Crippen molar-refractivity contribution < 1.29 is 9.53 Å². The first-order valence-corrected chi connectivity index (χ1v) is 12.0. The summed E-state index contributed by atoms with van der Waals surface area (Å²) in [7, 11) is 0. The smallest absolute Gasteiger partial charge is 0.221 e. The summed E-state index contributed by atoms with van der Waals surface area (Å²) in [5, 5.41) is 3.79. The van der Waals surface area contributed by atoms with Crippen LogP contribution in [0.1, 0.15) is 20.3 Å².